The highest BCUT2D eigenvalue weighted by Gasteiger charge is 2.34. The number of hydrogen-bond donors (Lipinski definition) is 1. The van der Waals surface area contributed by atoms with Gasteiger partial charge in [-0.3, -0.25) is 9.59 Å². The van der Waals surface area contributed by atoms with E-state index in [1.165, 1.54) is 24.0 Å². The van der Waals surface area contributed by atoms with Crippen molar-refractivity contribution in [1.29, 1.82) is 0 Å². The second kappa shape index (κ2) is 6.63. The molecule has 1 atom stereocenters. The second-order valence-corrected chi connectivity index (χ2v) is 7.32. The molecule has 1 aliphatic rings. The minimum absolute atomic E-state index is 0.0161. The van der Waals surface area contributed by atoms with E-state index in [0.29, 0.717) is 0 Å². The molecule has 7 nitrogen and oxygen atoms in total. The molecule has 0 bridgehead atoms. The van der Waals surface area contributed by atoms with Crippen molar-refractivity contribution in [1.82, 2.24) is 9.21 Å². The summed E-state index contributed by atoms with van der Waals surface area (Å²) in [6.07, 6.45) is 0. The number of hydrogen-bond acceptors (Lipinski definition) is 4. The fraction of sp³-hybridized carbons (Fsp3) is 0.429. The lowest BCUT2D eigenvalue weighted by Crippen LogP contribution is -2.40. The van der Waals surface area contributed by atoms with Gasteiger partial charge in [-0.15, -0.1) is 0 Å². The zero-order valence-electron chi connectivity index (χ0n) is 12.6. The van der Waals surface area contributed by atoms with Crippen molar-refractivity contribution in [2.75, 3.05) is 26.2 Å². The monoisotopic (exact) mass is 343 g/mol. The van der Waals surface area contributed by atoms with Crippen LogP contribution in [0.1, 0.15) is 6.92 Å². The van der Waals surface area contributed by atoms with Gasteiger partial charge >= 0.3 is 0 Å². The average Bonchev–Trinajstić information content (AvgIpc) is 2.70. The Morgan fingerprint density at radius 1 is 1.26 bits per heavy atom. The molecule has 0 aliphatic carbocycles. The molecule has 0 saturated carbocycles. The van der Waals surface area contributed by atoms with Gasteiger partial charge in [-0.05, 0) is 18.2 Å². The smallest absolute Gasteiger partial charge is 0.243 e. The zero-order chi connectivity index (χ0) is 17.2. The molecule has 0 unspecified atom stereocenters. The number of primary amides is 1. The number of nitrogens with two attached hydrogens (primary N) is 1. The third kappa shape index (κ3) is 3.85. The van der Waals surface area contributed by atoms with Gasteiger partial charge in [-0.2, -0.15) is 4.31 Å². The molecule has 2 rings (SSSR count). The third-order valence-electron chi connectivity index (χ3n) is 3.77. The Hall–Kier alpha value is -2.00. The van der Waals surface area contributed by atoms with Gasteiger partial charge in [0.25, 0.3) is 0 Å². The normalized spacial score (nSPS) is 20.1. The summed E-state index contributed by atoms with van der Waals surface area (Å²) in [4.78, 5) is 24.3. The van der Waals surface area contributed by atoms with Gasteiger partial charge in [0.1, 0.15) is 5.82 Å². The summed E-state index contributed by atoms with van der Waals surface area (Å²) in [6.45, 7) is 1.43. The van der Waals surface area contributed by atoms with Crippen LogP contribution in [0.5, 0.6) is 0 Å². The Morgan fingerprint density at radius 2 is 1.96 bits per heavy atom. The summed E-state index contributed by atoms with van der Waals surface area (Å²) in [7, 11) is -3.98. The molecule has 2 N–H and O–H groups in total. The second-order valence-electron chi connectivity index (χ2n) is 5.38. The van der Waals surface area contributed by atoms with Crippen LogP contribution in [0.25, 0.3) is 0 Å². The zero-order valence-corrected chi connectivity index (χ0v) is 13.4. The lowest BCUT2D eigenvalue weighted by atomic mass is 10.1. The number of carbonyl (C=O) groups excluding carboxylic acids is 2. The van der Waals surface area contributed by atoms with Crippen molar-refractivity contribution in [3.8, 4) is 0 Å². The molecule has 1 aromatic rings. The van der Waals surface area contributed by atoms with Crippen LogP contribution in [-0.4, -0.2) is 55.6 Å². The highest BCUT2D eigenvalue weighted by atomic mass is 32.2. The van der Waals surface area contributed by atoms with E-state index < -0.39 is 27.7 Å². The summed E-state index contributed by atoms with van der Waals surface area (Å²) in [5, 5.41) is 0. The van der Waals surface area contributed by atoms with Crippen LogP contribution >= 0.6 is 0 Å². The predicted octanol–water partition coefficient (Wildman–Crippen LogP) is -0.220. The third-order valence-corrected chi connectivity index (χ3v) is 5.63. The Morgan fingerprint density at radius 3 is 2.52 bits per heavy atom. The summed E-state index contributed by atoms with van der Waals surface area (Å²) in [6, 6.07) is 4.65. The van der Waals surface area contributed by atoms with E-state index in [2.05, 4.69) is 0 Å². The van der Waals surface area contributed by atoms with Crippen molar-refractivity contribution < 1.29 is 22.4 Å². The summed E-state index contributed by atoms with van der Waals surface area (Å²) < 4.78 is 39.7. The number of amides is 2. The van der Waals surface area contributed by atoms with Crippen LogP contribution < -0.4 is 5.73 Å². The molecule has 0 spiro atoms. The first kappa shape index (κ1) is 17.4. The maximum atomic E-state index is 13.3. The first-order valence-electron chi connectivity index (χ1n) is 7.02. The van der Waals surface area contributed by atoms with Gasteiger partial charge < -0.3 is 10.6 Å². The van der Waals surface area contributed by atoms with Crippen LogP contribution in [0.15, 0.2) is 29.2 Å². The molecular formula is C14H18FN3O4S. The lowest BCUT2D eigenvalue weighted by molar-refractivity contribution is -0.130. The Balaban J connectivity index is 2.34. The molecule has 23 heavy (non-hydrogen) atoms. The van der Waals surface area contributed by atoms with Crippen molar-refractivity contribution in [3.05, 3.63) is 30.1 Å². The molecule has 126 valence electrons. The first-order valence-corrected chi connectivity index (χ1v) is 8.46. The maximum absolute atomic E-state index is 13.3. The van der Waals surface area contributed by atoms with Crippen LogP contribution in [0.2, 0.25) is 0 Å². The van der Waals surface area contributed by atoms with Crippen LogP contribution in [0.3, 0.4) is 0 Å². The standard InChI is InChI=1S/C14H18FN3O4S/c1-10(19)17-5-6-18(9-11(8-17)14(16)20)23(21,22)13-4-2-3-12(15)7-13/h2-4,7,11H,5-6,8-9H2,1H3,(H2,16,20)/t11-/m1/s1. The molecule has 1 fully saturated rings. The van der Waals surface area contributed by atoms with Crippen LogP contribution in [-0.2, 0) is 19.6 Å². The van der Waals surface area contributed by atoms with E-state index in [1.807, 2.05) is 0 Å². The van der Waals surface area contributed by atoms with Crippen LogP contribution in [0.4, 0.5) is 4.39 Å². The van der Waals surface area contributed by atoms with E-state index in [-0.39, 0.29) is 37.0 Å². The van der Waals surface area contributed by atoms with Gasteiger partial charge in [-0.25, -0.2) is 12.8 Å². The first-order chi connectivity index (χ1) is 10.7. The Labute approximate surface area is 133 Å². The van der Waals surface area contributed by atoms with E-state index >= 15 is 0 Å². The number of halogens is 1. The quantitative estimate of drug-likeness (QED) is 0.820. The van der Waals surface area contributed by atoms with Crippen molar-refractivity contribution >= 4 is 21.8 Å². The molecule has 0 radical (unpaired) electrons. The topological polar surface area (TPSA) is 101 Å². The average molecular weight is 343 g/mol. The number of rotatable bonds is 3. The molecule has 2 amide bonds. The summed E-state index contributed by atoms with van der Waals surface area (Å²) in [5.41, 5.74) is 5.31. The molecule has 1 heterocycles. The minimum atomic E-state index is -3.98. The van der Waals surface area contributed by atoms with Gasteiger partial charge in [0, 0.05) is 33.1 Å². The summed E-state index contributed by atoms with van der Waals surface area (Å²) in [5.74, 6) is -2.43. The fourth-order valence-corrected chi connectivity index (χ4v) is 3.95. The molecule has 1 aliphatic heterocycles. The van der Waals surface area contributed by atoms with Crippen molar-refractivity contribution in [2.45, 2.75) is 11.8 Å². The Bertz CT molecular complexity index is 722. The number of benzene rings is 1. The maximum Gasteiger partial charge on any atom is 0.243 e. The number of carbonyl (C=O) groups is 2. The minimum Gasteiger partial charge on any atom is -0.369 e. The molecule has 9 heteroatoms. The van der Waals surface area contributed by atoms with Gasteiger partial charge in [-0.1, -0.05) is 6.07 Å². The van der Waals surface area contributed by atoms with Gasteiger partial charge in [0.15, 0.2) is 0 Å². The van der Waals surface area contributed by atoms with Crippen molar-refractivity contribution in [2.24, 2.45) is 11.7 Å². The Kier molecular flexibility index (Phi) is 5.00. The largest absolute Gasteiger partial charge is 0.369 e. The van der Waals surface area contributed by atoms with Gasteiger partial charge in [0.2, 0.25) is 21.8 Å². The van der Waals surface area contributed by atoms with Crippen molar-refractivity contribution in [3.63, 3.8) is 0 Å². The summed E-state index contributed by atoms with van der Waals surface area (Å²) >= 11 is 0. The highest BCUT2D eigenvalue weighted by molar-refractivity contribution is 7.89. The van der Waals surface area contributed by atoms with E-state index in [9.17, 15) is 22.4 Å². The fourth-order valence-electron chi connectivity index (χ4n) is 2.45. The lowest BCUT2D eigenvalue weighted by Gasteiger charge is -2.21. The molecule has 1 aromatic carbocycles. The number of sulfonamides is 1. The van der Waals surface area contributed by atoms with E-state index in [1.54, 1.807) is 0 Å². The molecule has 1 saturated heterocycles. The molecule has 0 aromatic heterocycles. The number of nitrogens with zero attached hydrogens (tertiary/aromatic N) is 2. The van der Waals surface area contributed by atoms with Gasteiger partial charge in [0.05, 0.1) is 10.8 Å². The highest BCUT2D eigenvalue weighted by Crippen LogP contribution is 2.20. The predicted molar refractivity (Wildman–Crippen MR) is 80.1 cm³/mol. The van der Waals surface area contributed by atoms with Crippen LogP contribution in [0, 0.1) is 11.7 Å². The SMILES string of the molecule is CC(=O)N1CCN(S(=O)(=O)c2cccc(F)c2)C[C@H](C(N)=O)C1. The van der Waals surface area contributed by atoms with E-state index in [4.69, 9.17) is 5.73 Å². The van der Waals surface area contributed by atoms with E-state index in [0.717, 1.165) is 16.4 Å². The molecular weight excluding hydrogens is 325 g/mol.